The molecule has 0 spiro atoms. The van der Waals surface area contributed by atoms with Crippen molar-refractivity contribution in [2.45, 2.75) is 18.4 Å². The van der Waals surface area contributed by atoms with Crippen LogP contribution in [0.25, 0.3) is 0 Å². The number of primary amides is 1. The molecule has 1 aliphatic rings. The van der Waals surface area contributed by atoms with Crippen LogP contribution in [0, 0.1) is 5.82 Å². The molecule has 1 unspecified atom stereocenters. The van der Waals surface area contributed by atoms with E-state index in [1.807, 2.05) is 0 Å². The Hall–Kier alpha value is -1.50. The van der Waals surface area contributed by atoms with Crippen LogP contribution in [-0.2, 0) is 16.0 Å². The van der Waals surface area contributed by atoms with Crippen molar-refractivity contribution in [3.8, 4) is 0 Å². The standard InChI is InChI=1S/C15H21FN2O3/c16-13-3-1-12(2-4-13)9-15(11-19)10-18(7-8-21-15)6-5-14(17)20/h1-4,19H,5-11H2,(H2,17,20). The van der Waals surface area contributed by atoms with Crippen LogP contribution in [0.3, 0.4) is 0 Å². The van der Waals surface area contributed by atoms with Gasteiger partial charge in [-0.2, -0.15) is 0 Å². The second-order valence-corrected chi connectivity index (χ2v) is 5.49. The third-order valence-corrected chi connectivity index (χ3v) is 3.73. The van der Waals surface area contributed by atoms with Crippen molar-refractivity contribution >= 4 is 5.91 Å². The molecule has 1 aromatic carbocycles. The van der Waals surface area contributed by atoms with Gasteiger partial charge in [-0.1, -0.05) is 12.1 Å². The van der Waals surface area contributed by atoms with Crippen molar-refractivity contribution in [2.75, 3.05) is 32.8 Å². The van der Waals surface area contributed by atoms with E-state index in [0.29, 0.717) is 32.7 Å². The first-order valence-electron chi connectivity index (χ1n) is 7.03. The highest BCUT2D eigenvalue weighted by molar-refractivity contribution is 5.73. The maximum atomic E-state index is 12.9. The van der Waals surface area contributed by atoms with Gasteiger partial charge in [-0.15, -0.1) is 0 Å². The van der Waals surface area contributed by atoms with Crippen LogP contribution in [-0.4, -0.2) is 54.4 Å². The molecule has 21 heavy (non-hydrogen) atoms. The number of rotatable bonds is 6. The average Bonchev–Trinajstić information content (AvgIpc) is 2.48. The minimum Gasteiger partial charge on any atom is -0.393 e. The zero-order chi connectivity index (χ0) is 15.3. The van der Waals surface area contributed by atoms with Crippen molar-refractivity contribution < 1.29 is 19.0 Å². The van der Waals surface area contributed by atoms with E-state index in [4.69, 9.17) is 10.5 Å². The summed E-state index contributed by atoms with van der Waals surface area (Å²) >= 11 is 0. The quantitative estimate of drug-likeness (QED) is 0.792. The number of nitrogens with two attached hydrogens (primary N) is 1. The number of carbonyl (C=O) groups is 1. The summed E-state index contributed by atoms with van der Waals surface area (Å²) in [7, 11) is 0. The molecule has 1 atom stereocenters. The lowest BCUT2D eigenvalue weighted by atomic mass is 9.93. The summed E-state index contributed by atoms with van der Waals surface area (Å²) in [5.41, 5.74) is 5.36. The number of amides is 1. The fraction of sp³-hybridized carbons (Fsp3) is 0.533. The Morgan fingerprint density at radius 2 is 2.14 bits per heavy atom. The molecule has 1 aromatic rings. The number of carbonyl (C=O) groups excluding carboxylic acids is 1. The molecular weight excluding hydrogens is 275 g/mol. The normalized spacial score (nSPS) is 23.1. The van der Waals surface area contributed by atoms with E-state index in [2.05, 4.69) is 4.90 Å². The predicted molar refractivity (Wildman–Crippen MR) is 76.1 cm³/mol. The van der Waals surface area contributed by atoms with Gasteiger partial charge in [0.25, 0.3) is 0 Å². The number of aliphatic hydroxyl groups excluding tert-OH is 1. The third-order valence-electron chi connectivity index (χ3n) is 3.73. The molecule has 0 radical (unpaired) electrons. The number of hydrogen-bond acceptors (Lipinski definition) is 4. The number of halogens is 1. The molecule has 0 aromatic heterocycles. The van der Waals surface area contributed by atoms with E-state index in [0.717, 1.165) is 5.56 Å². The summed E-state index contributed by atoms with van der Waals surface area (Å²) in [5.74, 6) is -0.626. The Morgan fingerprint density at radius 1 is 1.43 bits per heavy atom. The fourth-order valence-corrected chi connectivity index (χ4v) is 2.62. The minimum absolute atomic E-state index is 0.128. The smallest absolute Gasteiger partial charge is 0.218 e. The van der Waals surface area contributed by atoms with E-state index in [1.54, 1.807) is 12.1 Å². The van der Waals surface area contributed by atoms with Crippen LogP contribution < -0.4 is 5.73 Å². The zero-order valence-electron chi connectivity index (χ0n) is 11.9. The summed E-state index contributed by atoms with van der Waals surface area (Å²) in [6, 6.07) is 6.18. The van der Waals surface area contributed by atoms with Crippen molar-refractivity contribution in [3.05, 3.63) is 35.6 Å². The predicted octanol–water partition coefficient (Wildman–Crippen LogP) is 0.307. The molecule has 5 nitrogen and oxygen atoms in total. The average molecular weight is 296 g/mol. The molecule has 1 aliphatic heterocycles. The van der Waals surface area contributed by atoms with Crippen molar-refractivity contribution in [1.29, 1.82) is 0 Å². The number of ether oxygens (including phenoxy) is 1. The van der Waals surface area contributed by atoms with Gasteiger partial charge < -0.3 is 15.6 Å². The molecule has 116 valence electrons. The van der Waals surface area contributed by atoms with Gasteiger partial charge in [0.15, 0.2) is 0 Å². The maximum absolute atomic E-state index is 12.9. The third kappa shape index (κ3) is 4.49. The number of benzene rings is 1. The summed E-state index contributed by atoms with van der Waals surface area (Å²) in [6.45, 7) is 2.15. The lowest BCUT2D eigenvalue weighted by Crippen LogP contribution is -2.55. The number of hydrogen-bond donors (Lipinski definition) is 2. The van der Waals surface area contributed by atoms with Crippen LogP contribution >= 0.6 is 0 Å². The number of morpholine rings is 1. The Labute approximate surface area is 123 Å². The molecule has 1 amide bonds. The van der Waals surface area contributed by atoms with Crippen LogP contribution in [0.2, 0.25) is 0 Å². The summed E-state index contributed by atoms with van der Waals surface area (Å²) < 4.78 is 18.7. The van der Waals surface area contributed by atoms with Crippen molar-refractivity contribution in [2.24, 2.45) is 5.73 Å². The summed E-state index contributed by atoms with van der Waals surface area (Å²) in [5, 5.41) is 9.74. The van der Waals surface area contributed by atoms with Crippen LogP contribution in [0.4, 0.5) is 4.39 Å². The summed E-state index contributed by atoms with van der Waals surface area (Å²) in [6.07, 6.45) is 0.787. The van der Waals surface area contributed by atoms with Crippen LogP contribution in [0.15, 0.2) is 24.3 Å². The van der Waals surface area contributed by atoms with Crippen LogP contribution in [0.5, 0.6) is 0 Å². The highest BCUT2D eigenvalue weighted by atomic mass is 19.1. The van der Waals surface area contributed by atoms with Gasteiger partial charge in [-0.25, -0.2) is 4.39 Å². The Morgan fingerprint density at radius 3 is 2.76 bits per heavy atom. The van der Waals surface area contributed by atoms with E-state index in [9.17, 15) is 14.3 Å². The summed E-state index contributed by atoms with van der Waals surface area (Å²) in [4.78, 5) is 12.9. The van der Waals surface area contributed by atoms with Gasteiger partial charge >= 0.3 is 0 Å². The van der Waals surface area contributed by atoms with E-state index in [1.165, 1.54) is 12.1 Å². The first kappa shape index (κ1) is 15.9. The molecular formula is C15H21FN2O3. The molecule has 1 heterocycles. The van der Waals surface area contributed by atoms with E-state index >= 15 is 0 Å². The van der Waals surface area contributed by atoms with Crippen molar-refractivity contribution in [1.82, 2.24) is 4.90 Å². The lowest BCUT2D eigenvalue weighted by Gasteiger charge is -2.42. The lowest BCUT2D eigenvalue weighted by molar-refractivity contribution is -0.134. The topological polar surface area (TPSA) is 75.8 Å². The Kier molecular flexibility index (Phi) is 5.27. The first-order valence-corrected chi connectivity index (χ1v) is 7.03. The zero-order valence-corrected chi connectivity index (χ0v) is 11.9. The molecule has 0 aliphatic carbocycles. The van der Waals surface area contributed by atoms with Gasteiger partial charge in [0.1, 0.15) is 11.4 Å². The highest BCUT2D eigenvalue weighted by Crippen LogP contribution is 2.23. The maximum Gasteiger partial charge on any atom is 0.218 e. The first-order chi connectivity index (χ1) is 10.0. The second kappa shape index (κ2) is 6.98. The Balaban J connectivity index is 2.02. The van der Waals surface area contributed by atoms with Gasteiger partial charge in [0, 0.05) is 32.5 Å². The van der Waals surface area contributed by atoms with Crippen molar-refractivity contribution in [3.63, 3.8) is 0 Å². The minimum atomic E-state index is -0.715. The highest BCUT2D eigenvalue weighted by Gasteiger charge is 2.36. The van der Waals surface area contributed by atoms with Gasteiger partial charge in [-0.3, -0.25) is 9.69 Å². The molecule has 0 bridgehead atoms. The molecule has 1 saturated heterocycles. The van der Waals surface area contributed by atoms with Gasteiger partial charge in [-0.05, 0) is 17.7 Å². The molecule has 6 heteroatoms. The number of nitrogens with zero attached hydrogens (tertiary/aromatic N) is 1. The van der Waals surface area contributed by atoms with Gasteiger partial charge in [0.2, 0.25) is 5.91 Å². The monoisotopic (exact) mass is 296 g/mol. The Bertz CT molecular complexity index is 480. The molecule has 3 N–H and O–H groups in total. The van der Waals surface area contributed by atoms with Gasteiger partial charge in [0.05, 0.1) is 13.2 Å². The molecule has 1 fully saturated rings. The second-order valence-electron chi connectivity index (χ2n) is 5.49. The van der Waals surface area contributed by atoms with E-state index in [-0.39, 0.29) is 24.8 Å². The molecule has 2 rings (SSSR count). The molecule has 0 saturated carbocycles. The number of aliphatic hydroxyl groups is 1. The largest absolute Gasteiger partial charge is 0.393 e. The van der Waals surface area contributed by atoms with E-state index < -0.39 is 5.60 Å². The fourth-order valence-electron chi connectivity index (χ4n) is 2.62. The SMILES string of the molecule is NC(=O)CCN1CCOC(CO)(Cc2ccc(F)cc2)C1. The van der Waals surface area contributed by atoms with Crippen LogP contribution in [0.1, 0.15) is 12.0 Å².